The van der Waals surface area contributed by atoms with Gasteiger partial charge in [-0.25, -0.2) is 0 Å². The van der Waals surface area contributed by atoms with Crippen LogP contribution in [-0.2, 0) is 38.5 Å². The van der Waals surface area contributed by atoms with Gasteiger partial charge in [0.15, 0.2) is 5.92 Å². The first-order chi connectivity index (χ1) is 12.7. The molecule has 5 radical (unpaired) electrons. The molecular formula is C18H21BF4O4Ru+. The van der Waals surface area contributed by atoms with Crippen LogP contribution in [0.4, 0.5) is 17.3 Å². The molecule has 2 rings (SSSR count). The summed E-state index contributed by atoms with van der Waals surface area (Å²) in [6.45, 7) is 0. The van der Waals surface area contributed by atoms with Gasteiger partial charge < -0.3 is 26.7 Å². The minimum atomic E-state index is -6.00. The number of hydrogen-bond donors (Lipinski definition) is 0. The van der Waals surface area contributed by atoms with E-state index in [4.69, 9.17) is 0 Å². The average molecular weight is 489 g/mol. The molecular weight excluding hydrogens is 468 g/mol. The molecule has 0 amide bonds. The largest absolute Gasteiger partial charge is 2.00 e. The molecule has 1 saturated carbocycles. The van der Waals surface area contributed by atoms with E-state index in [1.165, 1.54) is 14.2 Å². The number of esters is 2. The standard InChI is InChI=1S/C13H16O4.C5H5.BF4.Ru/c1-16-12(14)11(13(15)17-2)10-8-6-4-3-5-7-9-10;1-2-4-5-3-1;2-1(3,4)5;/h3-4,6-11H,5H2,1-2H3;1-5H;;/q;;-1;+2/b4-3-,8-6-,9-7-;;;. The van der Waals surface area contributed by atoms with E-state index in [1.54, 1.807) is 6.08 Å². The van der Waals surface area contributed by atoms with E-state index in [2.05, 4.69) is 9.47 Å². The molecule has 0 aromatic carbocycles. The summed E-state index contributed by atoms with van der Waals surface area (Å²) < 4.78 is 48.3. The smallest absolute Gasteiger partial charge is 0.468 e. The average Bonchev–Trinajstić information content (AvgIpc) is 3.14. The van der Waals surface area contributed by atoms with Crippen molar-refractivity contribution in [3.8, 4) is 0 Å². The Morgan fingerprint density at radius 2 is 1.29 bits per heavy atom. The number of halogens is 4. The van der Waals surface area contributed by atoms with Crippen LogP contribution in [0.3, 0.4) is 0 Å². The Hall–Kier alpha value is -1.43. The summed E-state index contributed by atoms with van der Waals surface area (Å²) in [5.74, 6) is -2.44. The van der Waals surface area contributed by atoms with Crippen molar-refractivity contribution in [3.63, 3.8) is 0 Å². The van der Waals surface area contributed by atoms with Crippen molar-refractivity contribution in [2.75, 3.05) is 14.2 Å². The fourth-order valence-electron chi connectivity index (χ4n) is 1.94. The van der Waals surface area contributed by atoms with Gasteiger partial charge in [-0.05, 0) is 38.5 Å². The van der Waals surface area contributed by atoms with Crippen LogP contribution in [0.5, 0.6) is 0 Å². The fourth-order valence-corrected chi connectivity index (χ4v) is 1.94. The zero-order valence-electron chi connectivity index (χ0n) is 15.3. The summed E-state index contributed by atoms with van der Waals surface area (Å²) in [7, 11) is -3.48. The first-order valence-corrected chi connectivity index (χ1v) is 7.90. The van der Waals surface area contributed by atoms with Crippen molar-refractivity contribution < 1.29 is 55.8 Å². The number of methoxy groups -OCH3 is 2. The van der Waals surface area contributed by atoms with Gasteiger partial charge in [-0.3, -0.25) is 9.59 Å². The zero-order chi connectivity index (χ0) is 20.7. The van der Waals surface area contributed by atoms with Crippen LogP contribution in [0.15, 0.2) is 36.5 Å². The van der Waals surface area contributed by atoms with Crippen molar-refractivity contribution in [1.29, 1.82) is 0 Å². The maximum atomic E-state index is 11.6. The monoisotopic (exact) mass is 490 g/mol. The van der Waals surface area contributed by atoms with Crippen LogP contribution in [-0.4, -0.2) is 33.4 Å². The maximum Gasteiger partial charge on any atom is 2.00 e. The molecule has 0 aliphatic heterocycles. The van der Waals surface area contributed by atoms with Gasteiger partial charge in [-0.15, -0.1) is 0 Å². The first-order valence-electron chi connectivity index (χ1n) is 7.90. The Labute approximate surface area is 176 Å². The third-order valence-corrected chi connectivity index (χ3v) is 3.06. The van der Waals surface area contributed by atoms with E-state index in [1.807, 2.05) is 62.5 Å². The predicted octanol–water partition coefficient (Wildman–Crippen LogP) is 3.96. The van der Waals surface area contributed by atoms with E-state index in [-0.39, 0.29) is 25.4 Å². The molecule has 0 spiro atoms. The van der Waals surface area contributed by atoms with Crippen molar-refractivity contribution in [2.24, 2.45) is 11.8 Å². The minimum absolute atomic E-state index is 0. The number of hydrogen-bond acceptors (Lipinski definition) is 4. The molecule has 155 valence electrons. The first kappa shape index (κ1) is 28.8. The molecule has 2 aliphatic rings. The van der Waals surface area contributed by atoms with Gasteiger partial charge in [-0.1, -0.05) is 36.5 Å². The molecule has 1 fully saturated rings. The normalized spacial score (nSPS) is 21.2. The van der Waals surface area contributed by atoms with E-state index in [0.717, 1.165) is 6.42 Å². The van der Waals surface area contributed by atoms with Gasteiger partial charge in [0, 0.05) is 5.92 Å². The van der Waals surface area contributed by atoms with E-state index in [0.29, 0.717) is 0 Å². The van der Waals surface area contributed by atoms with Crippen LogP contribution in [0.25, 0.3) is 0 Å². The molecule has 4 nitrogen and oxygen atoms in total. The Balaban J connectivity index is 0. The van der Waals surface area contributed by atoms with Crippen molar-refractivity contribution >= 4 is 19.2 Å². The Bertz CT molecular complexity index is 503. The van der Waals surface area contributed by atoms with Gasteiger partial charge >= 0.3 is 38.7 Å². The van der Waals surface area contributed by atoms with Gasteiger partial charge in [0.1, 0.15) is 0 Å². The van der Waals surface area contributed by atoms with Crippen LogP contribution in [0.2, 0.25) is 0 Å². The summed E-state index contributed by atoms with van der Waals surface area (Å²) in [6.07, 6.45) is 22.0. The number of rotatable bonds is 3. The minimum Gasteiger partial charge on any atom is -0.468 e. The molecule has 0 aromatic rings. The predicted molar refractivity (Wildman–Crippen MR) is 94.7 cm³/mol. The molecule has 0 bridgehead atoms. The second-order valence-electron chi connectivity index (χ2n) is 5.04. The van der Waals surface area contributed by atoms with Gasteiger partial charge in [0.2, 0.25) is 0 Å². The Morgan fingerprint density at radius 1 is 0.857 bits per heavy atom. The van der Waals surface area contributed by atoms with Crippen LogP contribution < -0.4 is 0 Å². The molecule has 0 saturated heterocycles. The Morgan fingerprint density at radius 3 is 1.68 bits per heavy atom. The second-order valence-corrected chi connectivity index (χ2v) is 5.04. The third kappa shape index (κ3) is 15.6. The molecule has 0 aromatic heterocycles. The summed E-state index contributed by atoms with van der Waals surface area (Å²) in [6, 6.07) is 0. The van der Waals surface area contributed by atoms with Crippen LogP contribution in [0, 0.1) is 43.9 Å². The molecule has 1 unspecified atom stereocenters. The number of carbonyl (C=O) groups is 2. The molecule has 28 heavy (non-hydrogen) atoms. The molecule has 1 atom stereocenters. The number of ether oxygens (including phenoxy) is 2. The van der Waals surface area contributed by atoms with Crippen molar-refractivity contribution in [2.45, 2.75) is 6.42 Å². The van der Waals surface area contributed by atoms with Gasteiger partial charge in [-0.2, -0.15) is 0 Å². The molecule has 2 aliphatic carbocycles. The maximum absolute atomic E-state index is 11.6. The summed E-state index contributed by atoms with van der Waals surface area (Å²) in [5, 5.41) is 0. The second kappa shape index (κ2) is 16.5. The third-order valence-electron chi connectivity index (χ3n) is 3.06. The van der Waals surface area contributed by atoms with E-state index < -0.39 is 25.1 Å². The molecule has 10 heteroatoms. The van der Waals surface area contributed by atoms with E-state index in [9.17, 15) is 26.9 Å². The van der Waals surface area contributed by atoms with Crippen molar-refractivity contribution in [1.82, 2.24) is 0 Å². The summed E-state index contributed by atoms with van der Waals surface area (Å²) >= 11 is 0. The quantitative estimate of drug-likeness (QED) is 0.198. The van der Waals surface area contributed by atoms with Gasteiger partial charge in [0.05, 0.1) is 14.2 Å². The summed E-state index contributed by atoms with van der Waals surface area (Å²) in [4.78, 5) is 23.2. The van der Waals surface area contributed by atoms with E-state index >= 15 is 0 Å². The fraction of sp³-hybridized carbons (Fsp3) is 0.278. The summed E-state index contributed by atoms with van der Waals surface area (Å²) in [5.41, 5.74) is 0. The Kier molecular flexibility index (Phi) is 17.0. The molecule has 0 N–H and O–H groups in total. The zero-order valence-corrected chi connectivity index (χ0v) is 17.0. The SMILES string of the molecule is COC(=O)C(C(=O)OC)C1/C=C\C=C/C/C=C\1.F[B-](F)(F)F.[CH]1[CH][CH][CH][CH]1.[Ru+2]. The number of carbonyl (C=O) groups excluding carboxylic acids is 2. The topological polar surface area (TPSA) is 52.6 Å². The van der Waals surface area contributed by atoms with Crippen molar-refractivity contribution in [3.05, 3.63) is 68.6 Å². The van der Waals surface area contributed by atoms with Crippen LogP contribution in [0.1, 0.15) is 6.42 Å². The van der Waals surface area contributed by atoms with Gasteiger partial charge in [0.25, 0.3) is 0 Å². The number of allylic oxidation sites excluding steroid dienone is 6. The molecule has 0 heterocycles. The van der Waals surface area contributed by atoms with Crippen LogP contribution >= 0.6 is 0 Å².